The normalized spacial score (nSPS) is 14.9. The predicted molar refractivity (Wildman–Crippen MR) is 204 cm³/mol. The van der Waals surface area contributed by atoms with Crippen molar-refractivity contribution in [2.45, 2.75) is 25.2 Å². The van der Waals surface area contributed by atoms with Crippen LogP contribution in [0.2, 0.25) is 0 Å². The summed E-state index contributed by atoms with van der Waals surface area (Å²) in [5, 5.41) is 5.20. The third-order valence-electron chi connectivity index (χ3n) is 11.0. The Morgan fingerprint density at radius 2 is 1.25 bits per heavy atom. The second kappa shape index (κ2) is 10.4. The van der Waals surface area contributed by atoms with Crippen molar-refractivity contribution in [2.24, 2.45) is 0 Å². The van der Waals surface area contributed by atoms with Crippen molar-refractivity contribution in [3.63, 3.8) is 0 Å². The lowest BCUT2D eigenvalue weighted by Crippen LogP contribution is -2.13. The van der Waals surface area contributed by atoms with Crippen molar-refractivity contribution in [2.75, 3.05) is 0 Å². The lowest BCUT2D eigenvalue weighted by Gasteiger charge is -2.22. The Morgan fingerprint density at radius 1 is 0.521 bits per heavy atom. The van der Waals surface area contributed by atoms with E-state index in [4.69, 9.17) is 0 Å². The lowest BCUT2D eigenvalue weighted by molar-refractivity contribution is 0.768. The third kappa shape index (κ3) is 4.09. The molecule has 3 aliphatic carbocycles. The summed E-state index contributed by atoms with van der Waals surface area (Å²) in [6, 6.07) is 47.8. The highest BCUT2D eigenvalue weighted by Gasteiger charge is 2.29. The largest absolute Gasteiger partial charge is 0.0795 e. The van der Waals surface area contributed by atoms with Crippen molar-refractivity contribution in [3.05, 3.63) is 186 Å². The van der Waals surface area contributed by atoms with Gasteiger partial charge < -0.3 is 0 Å². The molecule has 0 N–H and O–H groups in total. The van der Waals surface area contributed by atoms with Crippen LogP contribution >= 0.6 is 0 Å². The first-order valence-electron chi connectivity index (χ1n) is 17.1. The minimum absolute atomic E-state index is 0.0298. The maximum Gasteiger partial charge on any atom is 0.0289 e. The first-order valence-corrected chi connectivity index (χ1v) is 17.1. The zero-order valence-corrected chi connectivity index (χ0v) is 27.0. The summed E-state index contributed by atoms with van der Waals surface area (Å²) in [4.78, 5) is 0. The van der Waals surface area contributed by atoms with Gasteiger partial charge in [-0.3, -0.25) is 0 Å². The molecule has 10 rings (SSSR count). The van der Waals surface area contributed by atoms with Crippen molar-refractivity contribution in [1.82, 2.24) is 0 Å². The highest BCUT2D eigenvalue weighted by molar-refractivity contribution is 6.12. The molecular weight excluding hydrogens is 577 g/mol. The van der Waals surface area contributed by atoms with Gasteiger partial charge in [0.25, 0.3) is 0 Å². The van der Waals surface area contributed by atoms with Crippen LogP contribution in [0.4, 0.5) is 0 Å². The Morgan fingerprint density at radius 3 is 2.08 bits per heavy atom. The molecule has 0 aliphatic heterocycles. The van der Waals surface area contributed by atoms with E-state index in [0.29, 0.717) is 0 Å². The molecule has 0 nitrogen and oxygen atoms in total. The Balaban J connectivity index is 1.12. The highest BCUT2D eigenvalue weighted by atomic mass is 14.3. The van der Waals surface area contributed by atoms with Crippen LogP contribution in [0.25, 0.3) is 72.1 Å². The van der Waals surface area contributed by atoms with Gasteiger partial charge in [-0.25, -0.2) is 0 Å². The van der Waals surface area contributed by atoms with Gasteiger partial charge in [0.1, 0.15) is 0 Å². The van der Waals surface area contributed by atoms with Gasteiger partial charge >= 0.3 is 0 Å². The van der Waals surface area contributed by atoms with Crippen molar-refractivity contribution in [3.8, 4) is 44.5 Å². The first kappa shape index (κ1) is 27.4. The Hall–Kier alpha value is -5.72. The molecule has 0 spiro atoms. The Bertz CT molecular complexity index is 2540. The summed E-state index contributed by atoms with van der Waals surface area (Å²) in [5.41, 5.74) is 17.6. The molecule has 0 heteroatoms. The van der Waals surface area contributed by atoms with E-state index in [1.165, 1.54) is 93.9 Å². The number of rotatable bonds is 4. The molecule has 0 saturated carbocycles. The highest BCUT2D eigenvalue weighted by Crippen LogP contribution is 2.50. The topological polar surface area (TPSA) is 0 Å². The molecule has 7 aromatic rings. The fraction of sp³-hybridized carbons (Fsp3) is 0.0833. The van der Waals surface area contributed by atoms with Gasteiger partial charge in [0, 0.05) is 5.41 Å². The molecule has 3 aliphatic rings. The molecular formula is C48H34. The van der Waals surface area contributed by atoms with E-state index in [2.05, 4.69) is 171 Å². The van der Waals surface area contributed by atoms with Gasteiger partial charge in [-0.2, -0.15) is 0 Å². The summed E-state index contributed by atoms with van der Waals surface area (Å²) in [5.74, 6) is 0. The van der Waals surface area contributed by atoms with E-state index >= 15 is 0 Å². The van der Waals surface area contributed by atoms with E-state index in [1.54, 1.807) is 0 Å². The number of fused-ring (bicyclic) bond motifs is 6. The van der Waals surface area contributed by atoms with Gasteiger partial charge in [0.05, 0.1) is 0 Å². The summed E-state index contributed by atoms with van der Waals surface area (Å²) in [6.45, 7) is 2.31. The molecule has 0 saturated heterocycles. The average molecular weight is 611 g/mol. The molecule has 0 fully saturated rings. The van der Waals surface area contributed by atoms with Gasteiger partial charge in [0.15, 0.2) is 0 Å². The van der Waals surface area contributed by atoms with Crippen LogP contribution < -0.4 is 0 Å². The van der Waals surface area contributed by atoms with E-state index in [-0.39, 0.29) is 5.41 Å². The van der Waals surface area contributed by atoms with Crippen LogP contribution in [0.3, 0.4) is 0 Å². The SMILES string of the molecule is CC1(c2ccc3c(c2)Cc2cccc(-c4c5c(c(-c6ccc(-c7ccc8ccccc8c7)cc6)c6ccccc46)CC=C5)c2-3)C=CC=C1. The van der Waals surface area contributed by atoms with Gasteiger partial charge in [-0.05, 0) is 120 Å². The zero-order chi connectivity index (χ0) is 31.8. The Kier molecular flexibility index (Phi) is 5.93. The summed E-state index contributed by atoms with van der Waals surface area (Å²) in [6.07, 6.45) is 15.6. The lowest BCUT2D eigenvalue weighted by atomic mass is 9.81. The smallest absolute Gasteiger partial charge is 0.0289 e. The Labute approximate surface area is 282 Å². The molecule has 0 unspecified atom stereocenters. The van der Waals surface area contributed by atoms with Crippen LogP contribution in [-0.4, -0.2) is 0 Å². The standard InChI is InChI=1S/C48H34/c1-48(26-6-7-27-48)38-24-25-39-37(30-38)29-36-12-8-17-44(46(36)39)47-42-14-5-4-13-40(42)45(41-15-9-16-43(41)47)33-21-18-32(19-22-33)35-23-20-31-10-2-3-11-34(31)28-35/h2-14,16-28,30H,15,29H2,1H3. The third-order valence-corrected chi connectivity index (χ3v) is 11.0. The fourth-order valence-corrected chi connectivity index (χ4v) is 8.58. The monoisotopic (exact) mass is 610 g/mol. The van der Waals surface area contributed by atoms with Crippen molar-refractivity contribution < 1.29 is 0 Å². The molecule has 0 aromatic heterocycles. The molecule has 7 aromatic carbocycles. The van der Waals surface area contributed by atoms with Gasteiger partial charge in [-0.1, -0.05) is 158 Å². The number of hydrogen-bond donors (Lipinski definition) is 0. The summed E-state index contributed by atoms with van der Waals surface area (Å²) >= 11 is 0. The summed E-state index contributed by atoms with van der Waals surface area (Å²) < 4.78 is 0. The molecule has 48 heavy (non-hydrogen) atoms. The minimum Gasteiger partial charge on any atom is -0.0795 e. The second-order valence-electron chi connectivity index (χ2n) is 13.8. The molecule has 0 radical (unpaired) electrons. The van der Waals surface area contributed by atoms with Crippen LogP contribution in [0.15, 0.2) is 158 Å². The average Bonchev–Trinajstić information content (AvgIpc) is 3.89. The molecule has 0 bridgehead atoms. The quantitative estimate of drug-likeness (QED) is 0.186. The minimum atomic E-state index is -0.0298. The van der Waals surface area contributed by atoms with E-state index < -0.39 is 0 Å². The number of allylic oxidation sites excluding steroid dienone is 5. The maximum absolute atomic E-state index is 2.45. The maximum atomic E-state index is 2.45. The predicted octanol–water partition coefficient (Wildman–Crippen LogP) is 12.5. The number of hydrogen-bond acceptors (Lipinski definition) is 0. The molecule has 226 valence electrons. The molecule has 0 heterocycles. The zero-order valence-electron chi connectivity index (χ0n) is 27.0. The van der Waals surface area contributed by atoms with Crippen molar-refractivity contribution >= 4 is 27.6 Å². The number of benzene rings is 7. The van der Waals surface area contributed by atoms with E-state index in [1.807, 2.05) is 0 Å². The van der Waals surface area contributed by atoms with E-state index in [0.717, 1.165) is 12.8 Å². The van der Waals surface area contributed by atoms with Crippen molar-refractivity contribution in [1.29, 1.82) is 0 Å². The van der Waals surface area contributed by atoms with Crippen LogP contribution in [0.1, 0.15) is 34.7 Å². The fourth-order valence-electron chi connectivity index (χ4n) is 8.58. The molecule has 0 atom stereocenters. The van der Waals surface area contributed by atoms with Gasteiger partial charge in [-0.15, -0.1) is 0 Å². The van der Waals surface area contributed by atoms with Crippen LogP contribution in [0, 0.1) is 0 Å². The second-order valence-corrected chi connectivity index (χ2v) is 13.8. The van der Waals surface area contributed by atoms with E-state index in [9.17, 15) is 0 Å². The van der Waals surface area contributed by atoms with Crippen LogP contribution in [-0.2, 0) is 18.3 Å². The van der Waals surface area contributed by atoms with Gasteiger partial charge in [0.2, 0.25) is 0 Å². The molecule has 0 amide bonds. The summed E-state index contributed by atoms with van der Waals surface area (Å²) in [7, 11) is 0. The first-order chi connectivity index (χ1) is 23.6. The van der Waals surface area contributed by atoms with Crippen LogP contribution in [0.5, 0.6) is 0 Å².